The van der Waals surface area contributed by atoms with Crippen molar-refractivity contribution in [3.05, 3.63) is 24.3 Å². The lowest BCUT2D eigenvalue weighted by molar-refractivity contribution is -0.143. The Labute approximate surface area is 141 Å². The van der Waals surface area contributed by atoms with E-state index in [2.05, 4.69) is 4.72 Å². The number of aliphatic carboxylic acids is 1. The highest BCUT2D eigenvalue weighted by Crippen LogP contribution is 2.30. The molecular formula is C14H20N2O6S2. The number of nitrogens with one attached hydrogen (secondary N) is 1. The van der Waals surface area contributed by atoms with Gasteiger partial charge >= 0.3 is 5.97 Å². The van der Waals surface area contributed by atoms with Crippen molar-refractivity contribution in [3.8, 4) is 0 Å². The van der Waals surface area contributed by atoms with Gasteiger partial charge in [-0.2, -0.15) is 4.31 Å². The van der Waals surface area contributed by atoms with Crippen molar-refractivity contribution in [3.63, 3.8) is 0 Å². The zero-order valence-corrected chi connectivity index (χ0v) is 15.0. The molecule has 2 atom stereocenters. The van der Waals surface area contributed by atoms with Gasteiger partial charge in [-0.15, -0.1) is 0 Å². The molecule has 134 valence electrons. The molecular weight excluding hydrogens is 356 g/mol. The van der Waals surface area contributed by atoms with Crippen LogP contribution in [-0.2, 0) is 24.8 Å². The van der Waals surface area contributed by atoms with Gasteiger partial charge in [0.2, 0.25) is 20.0 Å². The number of carboxylic acid groups (broad SMARTS) is 1. The van der Waals surface area contributed by atoms with Gasteiger partial charge in [0, 0.05) is 13.1 Å². The summed E-state index contributed by atoms with van der Waals surface area (Å²) in [5.74, 6) is -2.00. The van der Waals surface area contributed by atoms with Crippen LogP contribution in [0.5, 0.6) is 0 Å². The zero-order chi connectivity index (χ0) is 18.1. The van der Waals surface area contributed by atoms with E-state index >= 15 is 0 Å². The summed E-state index contributed by atoms with van der Waals surface area (Å²) in [5.41, 5.74) is 0. The Morgan fingerprint density at radius 3 is 2.29 bits per heavy atom. The van der Waals surface area contributed by atoms with E-state index in [1.807, 2.05) is 0 Å². The zero-order valence-electron chi connectivity index (χ0n) is 13.3. The number of piperidine rings is 1. The standard InChI is InChI=1S/C14H20N2O6S2/c1-10-7-11(14(17)18)9-16(8-10)24(21,22)13-6-4-3-5-12(13)23(19,20)15-2/h3-6,10-11,15H,7-9H2,1-2H3,(H,17,18). The molecule has 1 saturated heterocycles. The van der Waals surface area contributed by atoms with Gasteiger partial charge in [-0.05, 0) is 31.5 Å². The maximum absolute atomic E-state index is 12.9. The molecule has 0 saturated carbocycles. The highest BCUT2D eigenvalue weighted by atomic mass is 32.2. The highest BCUT2D eigenvalue weighted by molar-refractivity contribution is 7.92. The summed E-state index contributed by atoms with van der Waals surface area (Å²) in [7, 11) is -6.90. The fraction of sp³-hybridized carbons (Fsp3) is 0.500. The van der Waals surface area contributed by atoms with E-state index < -0.39 is 31.9 Å². The van der Waals surface area contributed by atoms with Crippen molar-refractivity contribution in [2.45, 2.75) is 23.1 Å². The van der Waals surface area contributed by atoms with Crippen molar-refractivity contribution in [2.75, 3.05) is 20.1 Å². The Hall–Kier alpha value is -1.49. The molecule has 1 aromatic rings. The maximum atomic E-state index is 12.9. The Morgan fingerprint density at radius 1 is 1.17 bits per heavy atom. The minimum absolute atomic E-state index is 0.136. The van der Waals surface area contributed by atoms with Gasteiger partial charge in [-0.1, -0.05) is 19.1 Å². The molecule has 24 heavy (non-hydrogen) atoms. The lowest BCUT2D eigenvalue weighted by Gasteiger charge is -2.34. The van der Waals surface area contributed by atoms with Crippen molar-refractivity contribution in [1.82, 2.24) is 9.03 Å². The summed E-state index contributed by atoms with van der Waals surface area (Å²) in [6.07, 6.45) is 0.387. The molecule has 0 aliphatic carbocycles. The van der Waals surface area contributed by atoms with E-state index in [1.165, 1.54) is 31.3 Å². The number of carboxylic acids is 1. The van der Waals surface area contributed by atoms with Crippen LogP contribution in [0.15, 0.2) is 34.1 Å². The molecule has 0 spiro atoms. The smallest absolute Gasteiger partial charge is 0.307 e. The molecule has 1 heterocycles. The van der Waals surface area contributed by atoms with Gasteiger partial charge in [0.05, 0.1) is 5.92 Å². The number of sulfonamides is 2. The van der Waals surface area contributed by atoms with E-state index in [0.717, 1.165) is 4.31 Å². The van der Waals surface area contributed by atoms with Gasteiger partial charge in [0.15, 0.2) is 0 Å². The molecule has 1 aromatic carbocycles. The summed E-state index contributed by atoms with van der Waals surface area (Å²) in [6.45, 7) is 1.75. The van der Waals surface area contributed by atoms with Gasteiger partial charge in [-0.25, -0.2) is 21.6 Å². The van der Waals surface area contributed by atoms with Crippen LogP contribution in [0.4, 0.5) is 0 Å². The third-order valence-corrected chi connectivity index (χ3v) is 7.49. The molecule has 0 bridgehead atoms. The number of carbonyl (C=O) groups is 1. The lowest BCUT2D eigenvalue weighted by Crippen LogP contribution is -2.45. The molecule has 2 rings (SSSR count). The molecule has 10 heteroatoms. The monoisotopic (exact) mass is 376 g/mol. The fourth-order valence-corrected chi connectivity index (χ4v) is 5.95. The summed E-state index contributed by atoms with van der Waals surface area (Å²) in [4.78, 5) is 10.6. The van der Waals surface area contributed by atoms with E-state index in [1.54, 1.807) is 6.92 Å². The van der Waals surface area contributed by atoms with E-state index in [0.29, 0.717) is 6.42 Å². The van der Waals surface area contributed by atoms with E-state index in [4.69, 9.17) is 0 Å². The van der Waals surface area contributed by atoms with Crippen molar-refractivity contribution in [1.29, 1.82) is 0 Å². The average molecular weight is 376 g/mol. The van der Waals surface area contributed by atoms with Crippen LogP contribution < -0.4 is 4.72 Å². The van der Waals surface area contributed by atoms with Gasteiger partial charge in [0.25, 0.3) is 0 Å². The van der Waals surface area contributed by atoms with Crippen molar-refractivity contribution < 1.29 is 26.7 Å². The number of nitrogens with zero attached hydrogens (tertiary/aromatic N) is 1. The number of hydrogen-bond acceptors (Lipinski definition) is 5. The summed E-state index contributed by atoms with van der Waals surface area (Å²) >= 11 is 0. The van der Waals surface area contributed by atoms with Crippen LogP contribution in [0.3, 0.4) is 0 Å². The average Bonchev–Trinajstić information content (AvgIpc) is 2.54. The molecule has 1 fully saturated rings. The van der Waals surface area contributed by atoms with Crippen LogP contribution in [0, 0.1) is 11.8 Å². The van der Waals surface area contributed by atoms with Crippen molar-refractivity contribution in [2.24, 2.45) is 11.8 Å². The van der Waals surface area contributed by atoms with Gasteiger partial charge in [-0.3, -0.25) is 4.79 Å². The van der Waals surface area contributed by atoms with Gasteiger partial charge < -0.3 is 5.11 Å². The predicted octanol–water partition coefficient (Wildman–Crippen LogP) is 0.326. The summed E-state index contributed by atoms with van der Waals surface area (Å²) in [6, 6.07) is 5.29. The van der Waals surface area contributed by atoms with Crippen LogP contribution in [0.25, 0.3) is 0 Å². The van der Waals surface area contributed by atoms with Crippen molar-refractivity contribution >= 4 is 26.0 Å². The van der Waals surface area contributed by atoms with E-state index in [9.17, 15) is 26.7 Å². The van der Waals surface area contributed by atoms with Crippen LogP contribution in [-0.4, -0.2) is 52.4 Å². The number of rotatable bonds is 5. The summed E-state index contributed by atoms with van der Waals surface area (Å²) < 4.78 is 53.2. The minimum Gasteiger partial charge on any atom is -0.481 e. The second kappa shape index (κ2) is 6.79. The number of benzene rings is 1. The first-order chi connectivity index (χ1) is 11.1. The van der Waals surface area contributed by atoms with Crippen LogP contribution in [0.1, 0.15) is 13.3 Å². The second-order valence-corrected chi connectivity index (χ2v) is 9.61. The Kier molecular flexibility index (Phi) is 5.33. The largest absolute Gasteiger partial charge is 0.481 e. The summed E-state index contributed by atoms with van der Waals surface area (Å²) in [5, 5.41) is 9.20. The second-order valence-electron chi connectivity index (χ2n) is 5.85. The molecule has 0 aromatic heterocycles. The molecule has 1 aliphatic rings. The minimum atomic E-state index is -4.13. The first-order valence-electron chi connectivity index (χ1n) is 7.35. The first kappa shape index (κ1) is 18.8. The van der Waals surface area contributed by atoms with Crippen LogP contribution >= 0.6 is 0 Å². The highest BCUT2D eigenvalue weighted by Gasteiger charge is 2.38. The number of hydrogen-bond donors (Lipinski definition) is 2. The molecule has 2 unspecified atom stereocenters. The SMILES string of the molecule is CNS(=O)(=O)c1ccccc1S(=O)(=O)N1CC(C)CC(C(=O)O)C1. The van der Waals surface area contributed by atoms with E-state index in [-0.39, 0.29) is 28.8 Å². The molecule has 0 radical (unpaired) electrons. The third kappa shape index (κ3) is 3.61. The fourth-order valence-electron chi connectivity index (χ4n) is 2.81. The normalized spacial score (nSPS) is 23.1. The van der Waals surface area contributed by atoms with Crippen LogP contribution in [0.2, 0.25) is 0 Å². The first-order valence-corrected chi connectivity index (χ1v) is 10.3. The molecule has 2 N–H and O–H groups in total. The third-order valence-electron chi connectivity index (χ3n) is 4.00. The molecule has 8 nitrogen and oxygen atoms in total. The maximum Gasteiger partial charge on any atom is 0.307 e. The molecule has 0 amide bonds. The molecule has 1 aliphatic heterocycles. The quantitative estimate of drug-likeness (QED) is 0.764. The predicted molar refractivity (Wildman–Crippen MR) is 86.4 cm³/mol. The Balaban J connectivity index is 2.50. The Bertz CT molecular complexity index is 835. The topological polar surface area (TPSA) is 121 Å². The Morgan fingerprint density at radius 2 is 1.75 bits per heavy atom. The van der Waals surface area contributed by atoms with Gasteiger partial charge in [0.1, 0.15) is 9.79 Å². The lowest BCUT2D eigenvalue weighted by atomic mass is 9.92.